The molecule has 2 aliphatic heterocycles. The normalized spacial score (nSPS) is 19.6. The first-order chi connectivity index (χ1) is 19.7. The fraction of sp³-hybridized carbons (Fsp3) is 0.200. The van der Waals surface area contributed by atoms with E-state index < -0.39 is 17.1 Å². The minimum Gasteiger partial charge on any atom is -0.483 e. The van der Waals surface area contributed by atoms with Crippen LogP contribution in [0, 0.1) is 19.8 Å². The van der Waals surface area contributed by atoms with Crippen LogP contribution < -0.4 is 19.8 Å². The van der Waals surface area contributed by atoms with E-state index in [-0.39, 0.29) is 29.2 Å². The van der Waals surface area contributed by atoms with Crippen molar-refractivity contribution in [3.8, 4) is 5.75 Å². The zero-order valence-electron chi connectivity index (χ0n) is 22.0. The lowest BCUT2D eigenvalue weighted by Gasteiger charge is -2.31. The van der Waals surface area contributed by atoms with Gasteiger partial charge in [0.2, 0.25) is 11.8 Å². The van der Waals surface area contributed by atoms with E-state index in [1.165, 1.54) is 16.7 Å². The Labute approximate surface area is 248 Å². The van der Waals surface area contributed by atoms with E-state index in [2.05, 4.69) is 10.3 Å². The van der Waals surface area contributed by atoms with Crippen LogP contribution >= 0.6 is 34.7 Å². The average Bonchev–Trinajstić information content (AvgIpc) is 3.44. The number of halogens is 1. The number of hydrogen-bond donors (Lipinski definition) is 2. The van der Waals surface area contributed by atoms with Crippen LogP contribution in [0.3, 0.4) is 0 Å². The maximum Gasteiger partial charge on any atom is 0.305 e. The Balaban J connectivity index is 1.36. The molecule has 3 amide bonds. The quantitative estimate of drug-likeness (QED) is 0.280. The second-order valence-electron chi connectivity index (χ2n) is 9.98. The van der Waals surface area contributed by atoms with E-state index in [1.807, 2.05) is 38.1 Å². The van der Waals surface area contributed by atoms with Gasteiger partial charge in [-0.2, -0.15) is 0 Å². The van der Waals surface area contributed by atoms with Crippen molar-refractivity contribution in [2.75, 3.05) is 16.8 Å². The van der Waals surface area contributed by atoms with Crippen molar-refractivity contribution in [1.82, 2.24) is 4.98 Å². The van der Waals surface area contributed by atoms with E-state index in [9.17, 15) is 19.2 Å². The minimum absolute atomic E-state index is 0.287. The lowest BCUT2D eigenvalue weighted by molar-refractivity contribution is -0.122. The molecule has 0 radical (unpaired) electrons. The predicted molar refractivity (Wildman–Crippen MR) is 160 cm³/mol. The Hall–Kier alpha value is -3.86. The number of carbonyl (C=O) groups excluding carboxylic acids is 3. The number of carbonyl (C=O) groups is 3. The zero-order valence-corrected chi connectivity index (χ0v) is 24.4. The number of nitrogens with one attached hydrogen (secondary N) is 2. The van der Waals surface area contributed by atoms with Crippen LogP contribution in [0.15, 0.2) is 76.6 Å². The van der Waals surface area contributed by atoms with Gasteiger partial charge in [0.05, 0.1) is 16.6 Å². The van der Waals surface area contributed by atoms with Crippen LogP contribution in [0.25, 0.3) is 0 Å². The number of anilines is 2. The van der Waals surface area contributed by atoms with Crippen molar-refractivity contribution < 1.29 is 19.1 Å². The molecule has 8 nitrogen and oxygen atoms in total. The van der Waals surface area contributed by atoms with Crippen LogP contribution in [0.2, 0.25) is 5.02 Å². The van der Waals surface area contributed by atoms with Crippen molar-refractivity contribution in [1.29, 1.82) is 0 Å². The number of ether oxygens (including phenoxy) is 1. The summed E-state index contributed by atoms with van der Waals surface area (Å²) in [5.41, 5.74) is 3.73. The van der Waals surface area contributed by atoms with Crippen LogP contribution in [0.4, 0.5) is 11.4 Å². The van der Waals surface area contributed by atoms with Gasteiger partial charge in [0.25, 0.3) is 5.91 Å². The first-order valence-corrected chi connectivity index (χ1v) is 14.9. The molecule has 6 rings (SSSR count). The maximum absolute atomic E-state index is 14.0. The number of amides is 3. The molecule has 11 heteroatoms. The number of rotatable bonds is 6. The molecular formula is C30H24ClN3O5S2. The van der Waals surface area contributed by atoms with E-state index in [0.29, 0.717) is 37.6 Å². The Morgan fingerprint density at radius 3 is 2.37 bits per heavy atom. The molecule has 1 saturated heterocycles. The maximum atomic E-state index is 14.0. The van der Waals surface area contributed by atoms with Gasteiger partial charge in [-0.15, -0.1) is 0 Å². The minimum atomic E-state index is -0.810. The Morgan fingerprint density at radius 2 is 1.66 bits per heavy atom. The lowest BCUT2D eigenvalue weighted by atomic mass is 9.82. The number of thiazole rings is 1. The number of aromatic amines is 1. The average molecular weight is 606 g/mol. The van der Waals surface area contributed by atoms with E-state index in [1.54, 1.807) is 42.5 Å². The Bertz CT molecular complexity index is 1730. The number of nitrogens with zero attached hydrogens (tertiary/aromatic N) is 1. The van der Waals surface area contributed by atoms with Crippen LogP contribution in [-0.4, -0.2) is 34.6 Å². The van der Waals surface area contributed by atoms with Crippen molar-refractivity contribution in [3.05, 3.63) is 103 Å². The summed E-state index contributed by atoms with van der Waals surface area (Å²) in [5, 5.41) is 2.98. The summed E-state index contributed by atoms with van der Waals surface area (Å²) in [6, 6.07) is 19.5. The molecule has 0 aliphatic carbocycles. The number of hydrogen-bond acceptors (Lipinski definition) is 7. The first kappa shape index (κ1) is 27.3. The summed E-state index contributed by atoms with van der Waals surface area (Å²) in [6.07, 6.45) is 0. The Kier molecular flexibility index (Phi) is 7.23. The fourth-order valence-corrected chi connectivity index (χ4v) is 7.86. The van der Waals surface area contributed by atoms with Gasteiger partial charge in [-0.25, -0.2) is 4.90 Å². The monoisotopic (exact) mass is 605 g/mol. The van der Waals surface area contributed by atoms with Crippen molar-refractivity contribution in [2.24, 2.45) is 5.92 Å². The highest BCUT2D eigenvalue weighted by Gasteiger charge is 2.56. The Morgan fingerprint density at radius 1 is 0.976 bits per heavy atom. The summed E-state index contributed by atoms with van der Waals surface area (Å²) in [6.45, 7) is 3.59. The van der Waals surface area contributed by atoms with Crippen LogP contribution in [0.1, 0.15) is 27.5 Å². The van der Waals surface area contributed by atoms with Crippen molar-refractivity contribution in [2.45, 2.75) is 30.0 Å². The van der Waals surface area contributed by atoms with Gasteiger partial charge >= 0.3 is 4.87 Å². The molecule has 41 heavy (non-hydrogen) atoms. The predicted octanol–water partition coefficient (Wildman–Crippen LogP) is 5.52. The third-order valence-corrected chi connectivity index (χ3v) is 9.75. The summed E-state index contributed by atoms with van der Waals surface area (Å²) in [7, 11) is 0. The summed E-state index contributed by atoms with van der Waals surface area (Å²) in [4.78, 5) is 57.2. The molecule has 3 heterocycles. The fourth-order valence-electron chi connectivity index (χ4n) is 5.17. The zero-order chi connectivity index (χ0) is 28.8. The second kappa shape index (κ2) is 10.8. The number of fused-ring (bicyclic) bond motifs is 2. The number of aryl methyl sites for hydroxylation is 2. The highest BCUT2D eigenvalue weighted by Crippen LogP contribution is 2.54. The van der Waals surface area contributed by atoms with Crippen LogP contribution in [0.5, 0.6) is 5.75 Å². The van der Waals surface area contributed by atoms with Crippen LogP contribution in [-0.2, 0) is 14.4 Å². The third kappa shape index (κ3) is 5.18. The molecule has 0 spiro atoms. The van der Waals surface area contributed by atoms with Gasteiger partial charge in [0, 0.05) is 27.1 Å². The van der Waals surface area contributed by atoms with Gasteiger partial charge in [-0.3, -0.25) is 19.2 Å². The molecule has 4 aromatic rings. The summed E-state index contributed by atoms with van der Waals surface area (Å²) in [5.74, 6) is -2.24. The van der Waals surface area contributed by atoms with E-state index >= 15 is 0 Å². The molecule has 1 fully saturated rings. The van der Waals surface area contributed by atoms with Gasteiger partial charge in [0.1, 0.15) is 11.0 Å². The molecule has 2 N–H and O–H groups in total. The molecule has 3 atom stereocenters. The molecule has 0 saturated carbocycles. The molecular weight excluding hydrogens is 582 g/mol. The van der Waals surface area contributed by atoms with Gasteiger partial charge in [-0.05, 0) is 56.3 Å². The SMILES string of the molecule is Cc1ccc(NC(=O)COc2ccc(Cl)cc2[C@@H]2c3sc(=O)[nH]c3S[C@H]3C(=O)N(c4ccc(C)cc4)C(=O)[C@@H]23)cc1. The van der Waals surface area contributed by atoms with Gasteiger partial charge in [-0.1, -0.05) is 70.1 Å². The highest BCUT2D eigenvalue weighted by atomic mass is 35.5. The molecule has 3 aromatic carbocycles. The van der Waals surface area contributed by atoms with Gasteiger partial charge < -0.3 is 15.0 Å². The molecule has 0 unspecified atom stereocenters. The van der Waals surface area contributed by atoms with Crippen molar-refractivity contribution >= 4 is 63.8 Å². The summed E-state index contributed by atoms with van der Waals surface area (Å²) >= 11 is 8.62. The number of thioether (sulfide) groups is 1. The highest BCUT2D eigenvalue weighted by molar-refractivity contribution is 8.00. The third-order valence-electron chi connectivity index (χ3n) is 7.12. The largest absolute Gasteiger partial charge is 0.483 e. The standard InChI is InChI=1S/C30H24ClN3O5S2/c1-15-3-8-18(9-4-15)32-22(35)14-39-21-12-7-17(31)13-20(21)23-24-26(40-27-25(23)41-30(38)33-27)29(37)34(28(24)36)19-10-5-16(2)6-11-19/h3-13,23-24,26H,14H2,1-2H3,(H,32,35)(H,33,38)/t23-,24-,26+/m0/s1. The molecule has 0 bridgehead atoms. The number of aromatic nitrogens is 1. The number of benzene rings is 3. The van der Waals surface area contributed by atoms with E-state index in [4.69, 9.17) is 16.3 Å². The molecule has 1 aromatic heterocycles. The lowest BCUT2D eigenvalue weighted by Crippen LogP contribution is -2.32. The smallest absolute Gasteiger partial charge is 0.305 e. The van der Waals surface area contributed by atoms with Gasteiger partial charge in [0.15, 0.2) is 6.61 Å². The molecule has 208 valence electrons. The summed E-state index contributed by atoms with van der Waals surface area (Å²) < 4.78 is 5.99. The second-order valence-corrected chi connectivity index (χ2v) is 12.6. The first-order valence-electron chi connectivity index (χ1n) is 12.8. The van der Waals surface area contributed by atoms with Crippen molar-refractivity contribution in [3.63, 3.8) is 0 Å². The van der Waals surface area contributed by atoms with E-state index in [0.717, 1.165) is 22.5 Å². The number of imide groups is 1. The molecule has 2 aliphatic rings. The topological polar surface area (TPSA) is 109 Å². The number of H-pyrrole nitrogens is 1.